The van der Waals surface area contributed by atoms with Crippen molar-refractivity contribution in [2.24, 2.45) is 5.92 Å². The summed E-state index contributed by atoms with van der Waals surface area (Å²) in [5.74, 6) is -1.68. The molecule has 0 aromatic carbocycles. The topological polar surface area (TPSA) is 63.6 Å². The number of unbranched alkanes of at least 4 members (excludes halogenated alkanes) is 2. The maximum Gasteiger partial charge on any atom is 0.309 e. The zero-order valence-corrected chi connectivity index (χ0v) is 9.07. The molecule has 4 heteroatoms. The van der Waals surface area contributed by atoms with Crippen LogP contribution in [0.15, 0.2) is 0 Å². The molecule has 1 fully saturated rings. The van der Waals surface area contributed by atoms with Gasteiger partial charge in [0.15, 0.2) is 0 Å². The maximum atomic E-state index is 11.3. The van der Waals surface area contributed by atoms with Gasteiger partial charge < -0.3 is 9.84 Å². The largest absolute Gasteiger partial charge is 0.481 e. The molecule has 0 aromatic rings. The van der Waals surface area contributed by atoms with Crippen LogP contribution in [-0.4, -0.2) is 23.1 Å². The second kappa shape index (κ2) is 5.73. The molecule has 15 heavy (non-hydrogen) atoms. The molecule has 0 unspecified atom stereocenters. The van der Waals surface area contributed by atoms with E-state index < -0.39 is 11.9 Å². The van der Waals surface area contributed by atoms with Crippen molar-refractivity contribution in [2.75, 3.05) is 0 Å². The zero-order valence-electron chi connectivity index (χ0n) is 9.07. The number of rotatable bonds is 6. The van der Waals surface area contributed by atoms with Crippen molar-refractivity contribution in [2.45, 2.75) is 51.6 Å². The lowest BCUT2D eigenvalue weighted by Crippen LogP contribution is -2.12. The lowest BCUT2D eigenvalue weighted by molar-refractivity contribution is -0.148. The van der Waals surface area contributed by atoms with E-state index in [1.54, 1.807) is 0 Å². The van der Waals surface area contributed by atoms with Crippen LogP contribution in [0.4, 0.5) is 0 Å². The highest BCUT2D eigenvalue weighted by atomic mass is 16.6. The third-order valence-corrected chi connectivity index (χ3v) is 2.71. The van der Waals surface area contributed by atoms with Crippen LogP contribution < -0.4 is 0 Å². The fraction of sp³-hybridized carbons (Fsp3) is 0.818. The third kappa shape index (κ3) is 3.90. The van der Waals surface area contributed by atoms with Gasteiger partial charge in [-0.2, -0.15) is 0 Å². The van der Waals surface area contributed by atoms with Crippen molar-refractivity contribution in [3.05, 3.63) is 0 Å². The molecule has 4 nitrogen and oxygen atoms in total. The summed E-state index contributed by atoms with van der Waals surface area (Å²) < 4.78 is 5.12. The summed E-state index contributed by atoms with van der Waals surface area (Å²) in [5, 5.41) is 8.58. The van der Waals surface area contributed by atoms with Gasteiger partial charge in [-0.3, -0.25) is 9.59 Å². The minimum absolute atomic E-state index is 0.0478. The summed E-state index contributed by atoms with van der Waals surface area (Å²) in [6.45, 7) is 2.12. The van der Waals surface area contributed by atoms with Gasteiger partial charge in [0, 0.05) is 0 Å². The highest BCUT2D eigenvalue weighted by Crippen LogP contribution is 2.27. The summed E-state index contributed by atoms with van der Waals surface area (Å²) in [6.07, 6.45) is 4.63. The number of cyclic esters (lactones) is 1. The first-order chi connectivity index (χ1) is 7.13. The van der Waals surface area contributed by atoms with Gasteiger partial charge in [-0.05, 0) is 19.3 Å². The number of hydrogen-bond acceptors (Lipinski definition) is 3. The van der Waals surface area contributed by atoms with Crippen LogP contribution >= 0.6 is 0 Å². The minimum Gasteiger partial charge on any atom is -0.481 e. The number of carbonyl (C=O) groups is 2. The van der Waals surface area contributed by atoms with Crippen LogP contribution in [0, 0.1) is 5.92 Å². The van der Waals surface area contributed by atoms with E-state index in [2.05, 4.69) is 6.92 Å². The average Bonchev–Trinajstić information content (AvgIpc) is 2.47. The number of ether oxygens (including phenoxy) is 1. The smallest absolute Gasteiger partial charge is 0.309 e. The Morgan fingerprint density at radius 2 is 2.27 bits per heavy atom. The molecule has 0 aliphatic carbocycles. The Bertz CT molecular complexity index is 237. The molecular weight excluding hydrogens is 196 g/mol. The summed E-state index contributed by atoms with van der Waals surface area (Å²) in [6, 6.07) is 0. The van der Waals surface area contributed by atoms with Crippen LogP contribution in [0.5, 0.6) is 0 Å². The minimum atomic E-state index is -0.925. The van der Waals surface area contributed by atoms with Crippen LogP contribution in [0.1, 0.15) is 45.4 Å². The van der Waals surface area contributed by atoms with Crippen molar-refractivity contribution >= 4 is 11.9 Å². The second-order valence-corrected chi connectivity index (χ2v) is 4.09. The third-order valence-electron chi connectivity index (χ3n) is 2.71. The van der Waals surface area contributed by atoms with Gasteiger partial charge in [0.1, 0.15) is 6.10 Å². The summed E-state index contributed by atoms with van der Waals surface area (Å²) >= 11 is 0. The van der Waals surface area contributed by atoms with Crippen molar-refractivity contribution in [3.63, 3.8) is 0 Å². The van der Waals surface area contributed by atoms with E-state index in [-0.39, 0.29) is 18.5 Å². The standard InChI is InChI=1S/C11H18O4/c1-2-3-4-5-9-6-8(7-10(12)13)11(14)15-9/h8-9H,2-7H2,1H3,(H,12,13)/t8-,9-/m0/s1. The van der Waals surface area contributed by atoms with E-state index in [4.69, 9.17) is 9.84 Å². The van der Waals surface area contributed by atoms with Crippen LogP contribution in [-0.2, 0) is 14.3 Å². The summed E-state index contributed by atoms with van der Waals surface area (Å²) in [4.78, 5) is 21.7. The van der Waals surface area contributed by atoms with Gasteiger partial charge >= 0.3 is 11.9 Å². The van der Waals surface area contributed by atoms with Gasteiger partial charge in [0.2, 0.25) is 0 Å². The molecule has 1 heterocycles. The van der Waals surface area contributed by atoms with E-state index in [9.17, 15) is 9.59 Å². The fourth-order valence-electron chi connectivity index (χ4n) is 1.90. The Hall–Kier alpha value is -1.06. The van der Waals surface area contributed by atoms with E-state index >= 15 is 0 Å². The first kappa shape index (κ1) is 12.0. The molecule has 1 N–H and O–H groups in total. The number of carbonyl (C=O) groups excluding carboxylic acids is 1. The Labute approximate surface area is 89.6 Å². The normalized spacial score (nSPS) is 25.3. The van der Waals surface area contributed by atoms with Gasteiger partial charge in [-0.1, -0.05) is 19.8 Å². The predicted octanol–water partition coefficient (Wildman–Crippen LogP) is 1.97. The number of carboxylic acids is 1. The van der Waals surface area contributed by atoms with Crippen LogP contribution in [0.2, 0.25) is 0 Å². The molecule has 0 saturated carbocycles. The fourth-order valence-corrected chi connectivity index (χ4v) is 1.90. The van der Waals surface area contributed by atoms with Gasteiger partial charge in [-0.15, -0.1) is 0 Å². The highest BCUT2D eigenvalue weighted by molar-refractivity contribution is 5.80. The lowest BCUT2D eigenvalue weighted by atomic mass is 9.99. The van der Waals surface area contributed by atoms with Crippen molar-refractivity contribution in [3.8, 4) is 0 Å². The molecule has 0 bridgehead atoms. The molecule has 0 aromatic heterocycles. The Kier molecular flexibility index (Phi) is 4.59. The molecule has 1 rings (SSSR count). The van der Waals surface area contributed by atoms with Crippen molar-refractivity contribution in [1.82, 2.24) is 0 Å². The highest BCUT2D eigenvalue weighted by Gasteiger charge is 2.35. The van der Waals surface area contributed by atoms with Gasteiger partial charge in [-0.25, -0.2) is 0 Å². The Morgan fingerprint density at radius 1 is 1.53 bits per heavy atom. The molecule has 0 amide bonds. The first-order valence-corrected chi connectivity index (χ1v) is 5.55. The predicted molar refractivity (Wildman–Crippen MR) is 54.4 cm³/mol. The van der Waals surface area contributed by atoms with Crippen LogP contribution in [0.3, 0.4) is 0 Å². The molecular formula is C11H18O4. The molecule has 1 aliphatic heterocycles. The van der Waals surface area contributed by atoms with E-state index in [0.717, 1.165) is 25.7 Å². The summed E-state index contributed by atoms with van der Waals surface area (Å²) in [7, 11) is 0. The quantitative estimate of drug-likeness (QED) is 0.542. The zero-order chi connectivity index (χ0) is 11.3. The molecule has 0 spiro atoms. The SMILES string of the molecule is CCCCC[C@H]1C[C@@H](CC(=O)O)C(=O)O1. The molecule has 0 radical (unpaired) electrons. The molecule has 86 valence electrons. The lowest BCUT2D eigenvalue weighted by Gasteiger charge is -2.07. The second-order valence-electron chi connectivity index (χ2n) is 4.09. The molecule has 1 saturated heterocycles. The molecule has 1 aliphatic rings. The van der Waals surface area contributed by atoms with Crippen LogP contribution in [0.25, 0.3) is 0 Å². The van der Waals surface area contributed by atoms with E-state index in [0.29, 0.717) is 6.42 Å². The van der Waals surface area contributed by atoms with Gasteiger partial charge in [0.25, 0.3) is 0 Å². The number of aliphatic carboxylic acids is 1. The Morgan fingerprint density at radius 3 is 2.87 bits per heavy atom. The Balaban J connectivity index is 2.28. The summed E-state index contributed by atoms with van der Waals surface area (Å²) in [5.41, 5.74) is 0. The monoisotopic (exact) mass is 214 g/mol. The first-order valence-electron chi connectivity index (χ1n) is 5.55. The average molecular weight is 214 g/mol. The van der Waals surface area contributed by atoms with Gasteiger partial charge in [0.05, 0.1) is 12.3 Å². The van der Waals surface area contributed by atoms with Crippen molar-refractivity contribution < 1.29 is 19.4 Å². The maximum absolute atomic E-state index is 11.3. The van der Waals surface area contributed by atoms with E-state index in [1.165, 1.54) is 0 Å². The number of hydrogen-bond donors (Lipinski definition) is 1. The molecule has 2 atom stereocenters. The van der Waals surface area contributed by atoms with E-state index in [1.807, 2.05) is 0 Å². The number of carboxylic acid groups (broad SMARTS) is 1. The number of esters is 1. The van der Waals surface area contributed by atoms with Crippen molar-refractivity contribution in [1.29, 1.82) is 0 Å².